The first-order chi connectivity index (χ1) is 9.68. The summed E-state index contributed by atoms with van der Waals surface area (Å²) >= 11 is 5.99. The summed E-state index contributed by atoms with van der Waals surface area (Å²) < 4.78 is 1.51. The van der Waals surface area contributed by atoms with E-state index in [1.165, 1.54) is 4.68 Å². The molecular weight excluding hydrogens is 280 g/mol. The molecule has 1 fully saturated rings. The molecule has 1 aromatic heterocycles. The zero-order chi connectivity index (χ0) is 14.1. The Kier molecular flexibility index (Phi) is 3.40. The Labute approximate surface area is 120 Å². The third-order valence-corrected chi connectivity index (χ3v) is 3.96. The molecule has 0 spiro atoms. The third-order valence-electron chi connectivity index (χ3n) is 3.65. The molecule has 104 valence electrons. The van der Waals surface area contributed by atoms with Crippen molar-refractivity contribution in [2.45, 2.75) is 31.6 Å². The van der Waals surface area contributed by atoms with E-state index in [-0.39, 0.29) is 16.5 Å². The molecule has 0 saturated heterocycles. The van der Waals surface area contributed by atoms with Crippen LogP contribution in [0.3, 0.4) is 0 Å². The number of rotatable bonds is 3. The van der Waals surface area contributed by atoms with E-state index in [0.29, 0.717) is 11.5 Å². The molecule has 3 rings (SSSR count). The molecule has 1 aliphatic carbocycles. The van der Waals surface area contributed by atoms with Gasteiger partial charge in [0.1, 0.15) is 5.56 Å². The highest BCUT2D eigenvalue weighted by Gasteiger charge is 2.26. The lowest BCUT2D eigenvalue weighted by atomic mass is 10.1. The second kappa shape index (κ2) is 5.20. The first-order valence-corrected chi connectivity index (χ1v) is 6.86. The quantitative estimate of drug-likeness (QED) is 0.940. The lowest BCUT2D eigenvalue weighted by molar-refractivity contribution is 0.0697. The summed E-state index contributed by atoms with van der Waals surface area (Å²) in [6.07, 6.45) is 4.37. The van der Waals surface area contributed by atoms with Crippen LogP contribution in [0.4, 0.5) is 0 Å². The number of carboxylic acid groups (broad SMARTS) is 1. The number of aromatic nitrogens is 4. The molecule has 0 radical (unpaired) electrons. The fourth-order valence-corrected chi connectivity index (χ4v) is 2.96. The maximum atomic E-state index is 11.4. The van der Waals surface area contributed by atoms with E-state index in [1.54, 1.807) is 18.2 Å². The second-order valence-corrected chi connectivity index (χ2v) is 5.28. The number of tetrazole rings is 1. The van der Waals surface area contributed by atoms with Gasteiger partial charge in [0.25, 0.3) is 0 Å². The summed E-state index contributed by atoms with van der Waals surface area (Å²) in [4.78, 5) is 11.4. The predicted octanol–water partition coefficient (Wildman–Crippen LogP) is 2.67. The van der Waals surface area contributed by atoms with Gasteiger partial charge in [-0.15, -0.1) is 5.10 Å². The maximum Gasteiger partial charge on any atom is 0.339 e. The van der Waals surface area contributed by atoms with Gasteiger partial charge in [-0.3, -0.25) is 0 Å². The average Bonchev–Trinajstić information content (AvgIpc) is 3.08. The topological polar surface area (TPSA) is 80.9 Å². The van der Waals surface area contributed by atoms with Crippen LogP contribution < -0.4 is 0 Å². The highest BCUT2D eigenvalue weighted by Crippen LogP contribution is 2.34. The minimum absolute atomic E-state index is 0.0284. The highest BCUT2D eigenvalue weighted by molar-refractivity contribution is 6.34. The van der Waals surface area contributed by atoms with Crippen molar-refractivity contribution >= 4 is 17.6 Å². The van der Waals surface area contributed by atoms with Crippen molar-refractivity contribution in [2.75, 3.05) is 0 Å². The molecule has 20 heavy (non-hydrogen) atoms. The summed E-state index contributed by atoms with van der Waals surface area (Å²) in [5.74, 6) is -0.0867. The van der Waals surface area contributed by atoms with E-state index in [1.807, 2.05) is 0 Å². The molecule has 1 aromatic carbocycles. The Hall–Kier alpha value is -1.95. The van der Waals surface area contributed by atoms with Gasteiger partial charge in [0.05, 0.1) is 10.7 Å². The van der Waals surface area contributed by atoms with E-state index < -0.39 is 5.97 Å². The van der Waals surface area contributed by atoms with Crippen LogP contribution in [0, 0.1) is 0 Å². The Morgan fingerprint density at radius 2 is 2.10 bits per heavy atom. The number of carboxylic acids is 1. The highest BCUT2D eigenvalue weighted by atomic mass is 35.5. The molecule has 7 heteroatoms. The van der Waals surface area contributed by atoms with E-state index in [0.717, 1.165) is 25.7 Å². The average molecular weight is 293 g/mol. The monoisotopic (exact) mass is 292 g/mol. The smallest absolute Gasteiger partial charge is 0.339 e. The van der Waals surface area contributed by atoms with Crippen LogP contribution in [0.5, 0.6) is 0 Å². The fourth-order valence-electron chi connectivity index (χ4n) is 2.71. The molecule has 1 N–H and O–H groups in total. The Morgan fingerprint density at radius 3 is 2.80 bits per heavy atom. The minimum Gasteiger partial charge on any atom is -0.478 e. The van der Waals surface area contributed by atoms with Crippen LogP contribution in [0.2, 0.25) is 5.02 Å². The largest absolute Gasteiger partial charge is 0.478 e. The van der Waals surface area contributed by atoms with Crippen molar-refractivity contribution in [3.05, 3.63) is 34.6 Å². The zero-order valence-corrected chi connectivity index (χ0v) is 11.4. The lowest BCUT2D eigenvalue weighted by Crippen LogP contribution is -2.12. The SMILES string of the molecule is O=C(O)c1c(Cl)cccc1-n1nnnc1C1CCCC1. The summed E-state index contributed by atoms with van der Waals surface area (Å²) in [7, 11) is 0. The number of hydrogen-bond donors (Lipinski definition) is 1. The van der Waals surface area contributed by atoms with Gasteiger partial charge in [0.2, 0.25) is 0 Å². The number of aromatic carboxylic acids is 1. The van der Waals surface area contributed by atoms with E-state index in [9.17, 15) is 9.90 Å². The fraction of sp³-hybridized carbons (Fsp3) is 0.385. The number of hydrogen-bond acceptors (Lipinski definition) is 4. The molecule has 1 heterocycles. The molecule has 1 saturated carbocycles. The molecule has 1 aliphatic rings. The van der Waals surface area contributed by atoms with Gasteiger partial charge >= 0.3 is 5.97 Å². The van der Waals surface area contributed by atoms with Crippen molar-refractivity contribution in [3.63, 3.8) is 0 Å². The first-order valence-electron chi connectivity index (χ1n) is 6.49. The Bertz CT molecular complexity index is 650. The number of halogens is 1. The van der Waals surface area contributed by atoms with Gasteiger partial charge in [-0.05, 0) is 35.4 Å². The van der Waals surface area contributed by atoms with Gasteiger partial charge in [-0.25, -0.2) is 4.79 Å². The van der Waals surface area contributed by atoms with Crippen molar-refractivity contribution in [2.24, 2.45) is 0 Å². The number of nitrogens with zero attached hydrogens (tertiary/aromatic N) is 4. The molecule has 0 bridgehead atoms. The van der Waals surface area contributed by atoms with Crippen molar-refractivity contribution in [1.29, 1.82) is 0 Å². The molecule has 0 atom stereocenters. The predicted molar refractivity (Wildman–Crippen MR) is 72.3 cm³/mol. The minimum atomic E-state index is -1.08. The van der Waals surface area contributed by atoms with Gasteiger partial charge in [0.15, 0.2) is 5.82 Å². The summed E-state index contributed by atoms with van der Waals surface area (Å²) in [5, 5.41) is 21.2. The van der Waals surface area contributed by atoms with Crippen LogP contribution >= 0.6 is 11.6 Å². The molecule has 2 aromatic rings. The molecule has 0 amide bonds. The van der Waals surface area contributed by atoms with Crippen LogP contribution in [-0.4, -0.2) is 31.3 Å². The van der Waals surface area contributed by atoms with Gasteiger partial charge in [-0.1, -0.05) is 30.5 Å². The van der Waals surface area contributed by atoms with Gasteiger partial charge in [-0.2, -0.15) is 4.68 Å². The Morgan fingerprint density at radius 1 is 1.35 bits per heavy atom. The summed E-state index contributed by atoms with van der Waals surface area (Å²) in [6, 6.07) is 4.92. The first kappa shape index (κ1) is 13.1. The van der Waals surface area contributed by atoms with Crippen molar-refractivity contribution in [1.82, 2.24) is 20.2 Å². The summed E-state index contributed by atoms with van der Waals surface area (Å²) in [5.41, 5.74) is 0.442. The van der Waals surface area contributed by atoms with E-state index in [4.69, 9.17) is 11.6 Å². The number of benzene rings is 1. The zero-order valence-electron chi connectivity index (χ0n) is 10.7. The van der Waals surface area contributed by atoms with E-state index >= 15 is 0 Å². The molecule has 0 aliphatic heterocycles. The normalized spacial score (nSPS) is 15.7. The van der Waals surface area contributed by atoms with Crippen molar-refractivity contribution in [3.8, 4) is 5.69 Å². The van der Waals surface area contributed by atoms with Crippen LogP contribution in [0.1, 0.15) is 47.8 Å². The Balaban J connectivity index is 2.12. The second-order valence-electron chi connectivity index (χ2n) is 4.87. The molecule has 6 nitrogen and oxygen atoms in total. The van der Waals surface area contributed by atoms with Crippen molar-refractivity contribution < 1.29 is 9.90 Å². The standard InChI is InChI=1S/C13H13ClN4O2/c14-9-6-3-7-10(11(9)13(19)20)18-12(15-16-17-18)8-4-1-2-5-8/h3,6-8H,1-2,4-5H2,(H,19,20). The molecule has 0 unspecified atom stereocenters. The van der Waals surface area contributed by atoms with Gasteiger partial charge < -0.3 is 5.11 Å². The maximum absolute atomic E-state index is 11.4. The summed E-state index contributed by atoms with van der Waals surface area (Å²) in [6.45, 7) is 0. The number of carbonyl (C=O) groups is 1. The van der Waals surface area contributed by atoms with Crippen LogP contribution in [0.15, 0.2) is 18.2 Å². The van der Waals surface area contributed by atoms with E-state index in [2.05, 4.69) is 15.5 Å². The lowest BCUT2D eigenvalue weighted by Gasteiger charge is -2.12. The van der Waals surface area contributed by atoms with Crippen LogP contribution in [0.25, 0.3) is 5.69 Å². The molecular formula is C13H13ClN4O2. The van der Waals surface area contributed by atoms with Gasteiger partial charge in [0, 0.05) is 5.92 Å². The van der Waals surface area contributed by atoms with Crippen LogP contribution in [-0.2, 0) is 0 Å². The third kappa shape index (κ3) is 2.16.